The van der Waals surface area contributed by atoms with Crippen LogP contribution in [-0.2, 0) is 12.8 Å². The summed E-state index contributed by atoms with van der Waals surface area (Å²) in [5.41, 5.74) is 4.78. The number of hydrogen-bond acceptors (Lipinski definition) is 3. The van der Waals surface area contributed by atoms with Crippen LogP contribution >= 0.6 is 11.8 Å². The fourth-order valence-electron chi connectivity index (χ4n) is 3.44. The van der Waals surface area contributed by atoms with Crippen LogP contribution in [0.15, 0.2) is 29.8 Å². The van der Waals surface area contributed by atoms with E-state index in [4.69, 9.17) is 4.98 Å². The van der Waals surface area contributed by atoms with Crippen molar-refractivity contribution in [2.45, 2.75) is 49.5 Å². The predicted molar refractivity (Wildman–Crippen MR) is 87.6 cm³/mol. The van der Waals surface area contributed by atoms with Crippen LogP contribution in [-0.4, -0.2) is 10.7 Å². The number of hydrogen-bond donors (Lipinski definition) is 0. The van der Waals surface area contributed by atoms with Gasteiger partial charge in [-0.2, -0.15) is 5.26 Å². The molecule has 0 radical (unpaired) electrons. The van der Waals surface area contributed by atoms with Gasteiger partial charge in [-0.15, -0.1) is 18.3 Å². The zero-order chi connectivity index (χ0) is 14.7. The lowest BCUT2D eigenvalue weighted by Crippen LogP contribution is -2.10. The van der Waals surface area contributed by atoms with Crippen LogP contribution in [0.2, 0.25) is 0 Å². The Labute approximate surface area is 131 Å². The van der Waals surface area contributed by atoms with Crippen molar-refractivity contribution in [3.63, 3.8) is 0 Å². The van der Waals surface area contributed by atoms with E-state index in [0.29, 0.717) is 5.92 Å². The lowest BCUT2D eigenvalue weighted by Gasteiger charge is -2.23. The molecule has 1 aromatic heterocycles. The van der Waals surface area contributed by atoms with Crippen molar-refractivity contribution in [2.75, 3.05) is 5.75 Å². The monoisotopic (exact) mass is 296 g/mol. The third kappa shape index (κ3) is 2.78. The molecule has 1 atom stereocenters. The first-order valence-corrected chi connectivity index (χ1v) is 8.68. The Hall–Kier alpha value is -1.53. The van der Waals surface area contributed by atoms with Crippen molar-refractivity contribution in [1.82, 2.24) is 4.98 Å². The van der Waals surface area contributed by atoms with Crippen molar-refractivity contribution < 1.29 is 0 Å². The van der Waals surface area contributed by atoms with Crippen molar-refractivity contribution in [2.24, 2.45) is 0 Å². The summed E-state index contributed by atoms with van der Waals surface area (Å²) < 4.78 is 0. The number of thioether (sulfide) groups is 1. The van der Waals surface area contributed by atoms with Gasteiger partial charge >= 0.3 is 0 Å². The molecule has 2 aliphatic rings. The molecule has 0 amide bonds. The lowest BCUT2D eigenvalue weighted by atomic mass is 9.83. The van der Waals surface area contributed by atoms with Crippen molar-refractivity contribution >= 4 is 11.8 Å². The third-order valence-corrected chi connectivity index (χ3v) is 5.33. The van der Waals surface area contributed by atoms with E-state index in [1.165, 1.54) is 23.2 Å². The number of pyridine rings is 1. The Bertz CT molecular complexity index is 625. The molecule has 3 heteroatoms. The van der Waals surface area contributed by atoms with Gasteiger partial charge in [0.2, 0.25) is 0 Å². The number of nitriles is 1. The Morgan fingerprint density at radius 3 is 3.05 bits per heavy atom. The minimum atomic E-state index is 0.502. The van der Waals surface area contributed by atoms with Crippen LogP contribution in [0.1, 0.15) is 54.0 Å². The van der Waals surface area contributed by atoms with E-state index in [0.717, 1.165) is 48.4 Å². The highest BCUT2D eigenvalue weighted by molar-refractivity contribution is 7.99. The Morgan fingerprint density at radius 1 is 1.43 bits per heavy atom. The van der Waals surface area contributed by atoms with Gasteiger partial charge in [-0.1, -0.05) is 18.2 Å². The van der Waals surface area contributed by atoms with Gasteiger partial charge in [0.25, 0.3) is 0 Å². The molecule has 2 aliphatic carbocycles. The second-order valence-corrected chi connectivity index (χ2v) is 6.69. The summed E-state index contributed by atoms with van der Waals surface area (Å²) in [5.74, 6) is 1.31. The highest BCUT2D eigenvalue weighted by atomic mass is 32.2. The fraction of sp³-hybridized carbons (Fsp3) is 0.444. The van der Waals surface area contributed by atoms with Gasteiger partial charge in [0.15, 0.2) is 0 Å². The summed E-state index contributed by atoms with van der Waals surface area (Å²) in [7, 11) is 0. The van der Waals surface area contributed by atoms with Gasteiger partial charge in [-0.05, 0) is 55.6 Å². The highest BCUT2D eigenvalue weighted by Crippen LogP contribution is 2.40. The minimum Gasteiger partial charge on any atom is -0.245 e. The molecule has 2 nitrogen and oxygen atoms in total. The summed E-state index contributed by atoms with van der Waals surface area (Å²) in [6.07, 6.45) is 13.1. The van der Waals surface area contributed by atoms with E-state index in [-0.39, 0.29) is 0 Å². The quantitative estimate of drug-likeness (QED) is 0.604. The van der Waals surface area contributed by atoms with E-state index in [2.05, 4.69) is 24.8 Å². The van der Waals surface area contributed by atoms with Crippen LogP contribution < -0.4 is 0 Å². The van der Waals surface area contributed by atoms with Crippen LogP contribution in [0, 0.1) is 11.3 Å². The number of rotatable bonds is 4. The molecule has 0 spiro atoms. The molecule has 1 aromatic rings. The van der Waals surface area contributed by atoms with Crippen LogP contribution in [0.4, 0.5) is 0 Å². The number of allylic oxidation sites excluding steroid dienone is 2. The molecule has 0 N–H and O–H groups in total. The molecule has 0 unspecified atom stereocenters. The summed E-state index contributed by atoms with van der Waals surface area (Å²) in [4.78, 5) is 4.79. The maximum Gasteiger partial charge on any atom is 0.115 e. The predicted octanol–water partition coefficient (Wildman–Crippen LogP) is 4.54. The molecule has 0 aromatic carbocycles. The van der Waals surface area contributed by atoms with E-state index < -0.39 is 0 Å². The standard InChI is InChI=1S/C18H20N2S/c1-2-11-21-18-15(12-19)17(13-7-4-3-5-8-13)14-9-6-10-16(14)20-18/h2-4,13H,1,5-11H2/t13-/m1/s1. The van der Waals surface area contributed by atoms with Crippen LogP contribution in [0.5, 0.6) is 0 Å². The maximum atomic E-state index is 9.71. The van der Waals surface area contributed by atoms with E-state index in [1.807, 2.05) is 6.08 Å². The van der Waals surface area contributed by atoms with E-state index >= 15 is 0 Å². The Balaban J connectivity index is 2.10. The van der Waals surface area contributed by atoms with Crippen molar-refractivity contribution in [3.05, 3.63) is 47.2 Å². The second kappa shape index (κ2) is 6.49. The fourth-order valence-corrected chi connectivity index (χ4v) is 4.19. The SMILES string of the molecule is C=CCSc1nc2c(c([C@@H]3CC=CCC3)c1C#N)CCC2. The first-order valence-electron chi connectivity index (χ1n) is 7.69. The molecule has 108 valence electrons. The normalized spacial score (nSPS) is 20.0. The van der Waals surface area contributed by atoms with Gasteiger partial charge in [-0.3, -0.25) is 0 Å². The molecule has 0 bridgehead atoms. The average Bonchev–Trinajstić information content (AvgIpc) is 3.00. The number of fused-ring (bicyclic) bond motifs is 1. The number of aryl methyl sites for hydroxylation is 1. The lowest BCUT2D eigenvalue weighted by molar-refractivity contribution is 0.607. The molecular weight excluding hydrogens is 276 g/mol. The van der Waals surface area contributed by atoms with Crippen molar-refractivity contribution in [1.29, 1.82) is 5.26 Å². The molecule has 3 rings (SSSR count). The highest BCUT2D eigenvalue weighted by Gasteiger charge is 2.27. The van der Waals surface area contributed by atoms with E-state index in [1.54, 1.807) is 11.8 Å². The summed E-state index contributed by atoms with van der Waals surface area (Å²) >= 11 is 1.65. The van der Waals surface area contributed by atoms with Crippen LogP contribution in [0.3, 0.4) is 0 Å². The van der Waals surface area contributed by atoms with Gasteiger partial charge in [0.05, 0.1) is 5.56 Å². The van der Waals surface area contributed by atoms with Gasteiger partial charge < -0.3 is 0 Å². The number of aromatic nitrogens is 1. The third-order valence-electron chi connectivity index (χ3n) is 4.36. The largest absolute Gasteiger partial charge is 0.245 e. The molecule has 1 heterocycles. The topological polar surface area (TPSA) is 36.7 Å². The van der Waals surface area contributed by atoms with Crippen molar-refractivity contribution in [3.8, 4) is 6.07 Å². The van der Waals surface area contributed by atoms with E-state index in [9.17, 15) is 5.26 Å². The van der Waals surface area contributed by atoms with Gasteiger partial charge in [0, 0.05) is 11.4 Å². The first-order chi connectivity index (χ1) is 10.3. The minimum absolute atomic E-state index is 0.502. The summed E-state index contributed by atoms with van der Waals surface area (Å²) in [6.45, 7) is 3.78. The second-order valence-electron chi connectivity index (χ2n) is 5.68. The Morgan fingerprint density at radius 2 is 2.33 bits per heavy atom. The number of nitrogens with zero attached hydrogens (tertiary/aromatic N) is 2. The molecule has 0 aliphatic heterocycles. The average molecular weight is 296 g/mol. The van der Waals surface area contributed by atoms with Crippen LogP contribution in [0.25, 0.3) is 0 Å². The molecule has 0 saturated carbocycles. The van der Waals surface area contributed by atoms with Gasteiger partial charge in [0.1, 0.15) is 11.1 Å². The van der Waals surface area contributed by atoms with Gasteiger partial charge in [-0.25, -0.2) is 4.98 Å². The zero-order valence-electron chi connectivity index (χ0n) is 12.3. The Kier molecular flexibility index (Phi) is 4.45. The molecular formula is C18H20N2S. The summed E-state index contributed by atoms with van der Waals surface area (Å²) in [6, 6.07) is 2.46. The maximum absolute atomic E-state index is 9.71. The smallest absolute Gasteiger partial charge is 0.115 e. The molecule has 0 saturated heterocycles. The molecule has 21 heavy (non-hydrogen) atoms. The zero-order valence-corrected chi connectivity index (χ0v) is 13.1. The molecule has 0 fully saturated rings. The first kappa shape index (κ1) is 14.4. The summed E-state index contributed by atoms with van der Waals surface area (Å²) in [5, 5.41) is 10.6.